The number of para-hydroxylation sites is 1. The maximum atomic E-state index is 12.4. The summed E-state index contributed by atoms with van der Waals surface area (Å²) in [6.07, 6.45) is 3.34. The van der Waals surface area contributed by atoms with Crippen LogP contribution in [-0.2, 0) is 17.9 Å². The average Bonchev–Trinajstić information content (AvgIpc) is 3.26. The van der Waals surface area contributed by atoms with E-state index in [1.54, 1.807) is 35.4 Å². The summed E-state index contributed by atoms with van der Waals surface area (Å²) in [5, 5.41) is 3.01. The summed E-state index contributed by atoms with van der Waals surface area (Å²) in [5.74, 6) is 0.643. The van der Waals surface area contributed by atoms with E-state index in [4.69, 9.17) is 16.3 Å². The lowest BCUT2D eigenvalue weighted by Crippen LogP contribution is -2.23. The Morgan fingerprint density at radius 3 is 2.81 bits per heavy atom. The van der Waals surface area contributed by atoms with Crippen molar-refractivity contribution >= 4 is 46.3 Å². The van der Waals surface area contributed by atoms with E-state index in [0.29, 0.717) is 13.2 Å². The third-order valence-electron chi connectivity index (χ3n) is 3.76. The van der Waals surface area contributed by atoms with E-state index in [0.717, 1.165) is 31.2 Å². The fourth-order valence-corrected chi connectivity index (χ4v) is 4.15. The molecule has 3 rings (SSSR count). The van der Waals surface area contributed by atoms with Gasteiger partial charge in [0, 0.05) is 28.9 Å². The second-order valence-electron chi connectivity index (χ2n) is 5.92. The highest BCUT2D eigenvalue weighted by Gasteiger charge is 2.09. The van der Waals surface area contributed by atoms with Gasteiger partial charge in [-0.1, -0.05) is 29.8 Å². The summed E-state index contributed by atoms with van der Waals surface area (Å²) < 4.78 is 6.61. The quantitative estimate of drug-likeness (QED) is 0.481. The summed E-state index contributed by atoms with van der Waals surface area (Å²) in [6, 6.07) is 11.4. The molecule has 4 nitrogen and oxygen atoms in total. The summed E-state index contributed by atoms with van der Waals surface area (Å²) in [5.41, 5.74) is 1.76. The Hall–Kier alpha value is -2.15. The Morgan fingerprint density at radius 1 is 1.30 bits per heavy atom. The zero-order valence-corrected chi connectivity index (χ0v) is 17.4. The molecule has 27 heavy (non-hydrogen) atoms. The van der Waals surface area contributed by atoms with Crippen LogP contribution in [0.2, 0.25) is 4.34 Å². The van der Waals surface area contributed by atoms with Crippen LogP contribution in [0, 0.1) is 6.92 Å². The molecular weight excluding hydrogens is 400 g/mol. The van der Waals surface area contributed by atoms with E-state index in [1.165, 1.54) is 11.3 Å². The van der Waals surface area contributed by atoms with Crippen LogP contribution in [-0.4, -0.2) is 22.8 Å². The molecule has 0 unspecified atom stereocenters. The summed E-state index contributed by atoms with van der Waals surface area (Å²) in [4.78, 5) is 19.5. The van der Waals surface area contributed by atoms with Crippen molar-refractivity contribution in [2.24, 2.45) is 0 Å². The van der Waals surface area contributed by atoms with Crippen molar-refractivity contribution in [3.05, 3.63) is 73.3 Å². The molecule has 0 fully saturated rings. The topological polar surface area (TPSA) is 42.4 Å². The van der Waals surface area contributed by atoms with Crippen LogP contribution in [0.5, 0.6) is 5.75 Å². The van der Waals surface area contributed by atoms with E-state index in [1.807, 2.05) is 48.7 Å². The predicted molar refractivity (Wildman–Crippen MR) is 112 cm³/mol. The van der Waals surface area contributed by atoms with Gasteiger partial charge in [-0.3, -0.25) is 4.79 Å². The molecule has 2 aromatic heterocycles. The van der Waals surface area contributed by atoms with Crippen LogP contribution < -0.4 is 4.74 Å². The molecule has 1 amide bonds. The van der Waals surface area contributed by atoms with Gasteiger partial charge in [-0.25, -0.2) is 4.98 Å². The van der Waals surface area contributed by atoms with Gasteiger partial charge in [0.1, 0.15) is 12.4 Å². The average molecular weight is 419 g/mol. The molecule has 0 saturated carbocycles. The first-order valence-electron chi connectivity index (χ1n) is 8.31. The maximum Gasteiger partial charge on any atom is 0.246 e. The molecule has 1 aromatic carbocycles. The second-order valence-corrected chi connectivity index (χ2v) is 8.78. The molecule has 7 heteroatoms. The predicted octanol–water partition coefficient (Wildman–Crippen LogP) is 5.42. The number of hydrogen-bond donors (Lipinski definition) is 0. The van der Waals surface area contributed by atoms with Crippen molar-refractivity contribution in [2.45, 2.75) is 20.1 Å². The Morgan fingerprint density at radius 2 is 2.11 bits per heavy atom. The van der Waals surface area contributed by atoms with E-state index in [9.17, 15) is 4.79 Å². The van der Waals surface area contributed by atoms with Crippen molar-refractivity contribution < 1.29 is 9.53 Å². The standard InChI is InChI=1S/C20H19ClN2O2S2/c1-14-22-16(13-26-14)12-25-18-6-4-3-5-15(18)7-10-20(24)23(2)11-17-8-9-19(21)27-17/h3-10,13H,11-12H2,1-2H3/b10-7+. The van der Waals surface area contributed by atoms with Crippen LogP contribution in [0.15, 0.2) is 47.9 Å². The fraction of sp³-hybridized carbons (Fsp3) is 0.200. The number of carbonyl (C=O) groups is 1. The van der Waals surface area contributed by atoms with Gasteiger partial charge < -0.3 is 9.64 Å². The van der Waals surface area contributed by atoms with Crippen LogP contribution in [0.25, 0.3) is 6.08 Å². The number of carbonyl (C=O) groups excluding carboxylic acids is 1. The lowest BCUT2D eigenvalue weighted by molar-refractivity contribution is -0.125. The Kier molecular flexibility index (Phi) is 6.66. The molecule has 0 spiro atoms. The van der Waals surface area contributed by atoms with Crippen molar-refractivity contribution in [1.29, 1.82) is 0 Å². The molecule has 0 atom stereocenters. The minimum absolute atomic E-state index is 0.0792. The molecule has 2 heterocycles. The van der Waals surface area contributed by atoms with Gasteiger partial charge in [-0.15, -0.1) is 22.7 Å². The number of rotatable bonds is 7. The molecule has 0 aliphatic rings. The van der Waals surface area contributed by atoms with Crippen molar-refractivity contribution in [2.75, 3.05) is 7.05 Å². The van der Waals surface area contributed by atoms with E-state index < -0.39 is 0 Å². The van der Waals surface area contributed by atoms with E-state index in [-0.39, 0.29) is 5.91 Å². The number of amides is 1. The second kappa shape index (κ2) is 9.17. The van der Waals surface area contributed by atoms with E-state index >= 15 is 0 Å². The molecule has 3 aromatic rings. The minimum Gasteiger partial charge on any atom is -0.487 e. The highest BCUT2D eigenvalue weighted by molar-refractivity contribution is 7.16. The number of thiazole rings is 1. The Balaban J connectivity index is 1.62. The lowest BCUT2D eigenvalue weighted by atomic mass is 10.2. The Bertz CT molecular complexity index is 949. The van der Waals surface area contributed by atoms with Gasteiger partial charge in [0.15, 0.2) is 0 Å². The van der Waals surface area contributed by atoms with Gasteiger partial charge >= 0.3 is 0 Å². The summed E-state index contributed by atoms with van der Waals surface area (Å²) >= 11 is 9.02. The monoisotopic (exact) mass is 418 g/mol. The number of thiophene rings is 1. The number of aryl methyl sites for hydroxylation is 1. The molecule has 0 bridgehead atoms. The Labute approximate surface area is 171 Å². The van der Waals surface area contributed by atoms with Crippen molar-refractivity contribution in [1.82, 2.24) is 9.88 Å². The molecule has 140 valence electrons. The first kappa shape index (κ1) is 19.6. The molecular formula is C20H19ClN2O2S2. The highest BCUT2D eigenvalue weighted by atomic mass is 35.5. The zero-order chi connectivity index (χ0) is 19.2. The molecule has 0 saturated heterocycles. The first-order chi connectivity index (χ1) is 13.0. The summed E-state index contributed by atoms with van der Waals surface area (Å²) in [7, 11) is 1.77. The van der Waals surface area contributed by atoms with Crippen LogP contribution in [0.3, 0.4) is 0 Å². The number of benzene rings is 1. The molecule has 0 radical (unpaired) electrons. The smallest absolute Gasteiger partial charge is 0.246 e. The van der Waals surface area contributed by atoms with Gasteiger partial charge in [-0.05, 0) is 31.2 Å². The summed E-state index contributed by atoms with van der Waals surface area (Å²) in [6.45, 7) is 2.90. The van der Waals surface area contributed by atoms with Crippen LogP contribution in [0.4, 0.5) is 0 Å². The first-order valence-corrected chi connectivity index (χ1v) is 10.4. The SMILES string of the molecule is Cc1nc(COc2ccccc2/C=C/C(=O)N(C)Cc2ccc(Cl)s2)cs1. The number of ether oxygens (including phenoxy) is 1. The normalized spacial score (nSPS) is 11.1. The number of likely N-dealkylation sites (N-methyl/N-ethyl adjacent to an activating group) is 1. The zero-order valence-electron chi connectivity index (χ0n) is 15.0. The van der Waals surface area contributed by atoms with Gasteiger partial charge in [-0.2, -0.15) is 0 Å². The molecule has 0 N–H and O–H groups in total. The van der Waals surface area contributed by atoms with Gasteiger partial charge in [0.05, 0.1) is 21.6 Å². The third kappa shape index (κ3) is 5.66. The third-order valence-corrected chi connectivity index (χ3v) is 5.80. The number of hydrogen-bond acceptors (Lipinski definition) is 5. The van der Waals surface area contributed by atoms with Crippen molar-refractivity contribution in [3.63, 3.8) is 0 Å². The van der Waals surface area contributed by atoms with Crippen LogP contribution in [0.1, 0.15) is 21.1 Å². The fourth-order valence-electron chi connectivity index (χ4n) is 2.41. The molecule has 0 aliphatic carbocycles. The minimum atomic E-state index is -0.0792. The van der Waals surface area contributed by atoms with Crippen LogP contribution >= 0.6 is 34.3 Å². The van der Waals surface area contributed by atoms with E-state index in [2.05, 4.69) is 4.98 Å². The van der Waals surface area contributed by atoms with Gasteiger partial charge in [0.2, 0.25) is 5.91 Å². The number of nitrogens with zero attached hydrogens (tertiary/aromatic N) is 2. The lowest BCUT2D eigenvalue weighted by Gasteiger charge is -2.14. The largest absolute Gasteiger partial charge is 0.487 e. The molecule has 0 aliphatic heterocycles. The number of aromatic nitrogens is 1. The van der Waals surface area contributed by atoms with Gasteiger partial charge in [0.25, 0.3) is 0 Å². The highest BCUT2D eigenvalue weighted by Crippen LogP contribution is 2.23. The van der Waals surface area contributed by atoms with Crippen molar-refractivity contribution in [3.8, 4) is 5.75 Å². The number of halogens is 1. The maximum absolute atomic E-state index is 12.4.